The summed E-state index contributed by atoms with van der Waals surface area (Å²) in [6.45, 7) is 4.72. The van der Waals surface area contributed by atoms with E-state index >= 15 is 0 Å². The smallest absolute Gasteiger partial charge is 0.00264 e. The van der Waals surface area contributed by atoms with Crippen LogP contribution in [0.3, 0.4) is 0 Å². The molecule has 0 saturated carbocycles. The summed E-state index contributed by atoms with van der Waals surface area (Å²) in [5, 5.41) is 6.13. The molecule has 0 aliphatic carbocycles. The van der Waals surface area contributed by atoms with Gasteiger partial charge in [-0.25, -0.2) is 0 Å². The monoisotopic (exact) mass is 254 g/mol. The Morgan fingerprint density at radius 1 is 0.889 bits per heavy atom. The molecule has 0 nitrogen and oxygen atoms in total. The molecule has 0 bridgehead atoms. The van der Waals surface area contributed by atoms with Gasteiger partial charge in [-0.1, -0.05) is 68.8 Å². The molecular weight excluding hydrogens is 235 g/mol. The second-order valence-electron chi connectivity index (χ2n) is 5.04. The Balaban J connectivity index is 2.38. The minimum absolute atomic E-state index is 0.144. The van der Waals surface area contributed by atoms with Crippen LogP contribution in [0, 0.1) is 0 Å². The molecule has 0 N–H and O–H groups in total. The molecule has 0 aliphatic heterocycles. The first-order valence-corrected chi connectivity index (χ1v) is 8.21. The fourth-order valence-electron chi connectivity index (χ4n) is 2.97. The summed E-state index contributed by atoms with van der Waals surface area (Å²) in [6.07, 6.45) is 2.61. The number of fused-ring (bicyclic) bond motifs is 3. The Morgan fingerprint density at radius 2 is 1.39 bits per heavy atom. The highest BCUT2D eigenvalue weighted by Gasteiger charge is 2.15. The van der Waals surface area contributed by atoms with Crippen molar-refractivity contribution in [3.05, 3.63) is 48.5 Å². The molecule has 2 aromatic carbocycles. The van der Waals surface area contributed by atoms with Crippen LogP contribution in [-0.2, 0) is 0 Å². The van der Waals surface area contributed by atoms with Gasteiger partial charge in [-0.15, -0.1) is 7.53 Å². The lowest BCUT2D eigenvalue weighted by Crippen LogP contribution is -1.80. The summed E-state index contributed by atoms with van der Waals surface area (Å²) in [6, 6.07) is 18.0. The first-order chi connectivity index (χ1) is 8.83. The second-order valence-corrected chi connectivity index (χ2v) is 7.63. The molecule has 1 unspecified atom stereocenters. The van der Waals surface area contributed by atoms with E-state index in [1.807, 2.05) is 0 Å². The fraction of sp³-hybridized carbons (Fsp3) is 0.294. The van der Waals surface area contributed by atoms with E-state index in [0.717, 1.165) is 5.66 Å². The zero-order valence-corrected chi connectivity index (χ0v) is 12.0. The predicted molar refractivity (Wildman–Crippen MR) is 83.8 cm³/mol. The Morgan fingerprint density at radius 3 is 1.89 bits per heavy atom. The lowest BCUT2D eigenvalue weighted by Gasteiger charge is -2.11. The average molecular weight is 254 g/mol. The summed E-state index contributed by atoms with van der Waals surface area (Å²) >= 11 is 0. The Bertz CT molecular complexity index is 625. The molecule has 18 heavy (non-hydrogen) atoms. The van der Waals surface area contributed by atoms with Crippen LogP contribution in [0.15, 0.2) is 48.5 Å². The van der Waals surface area contributed by atoms with Crippen molar-refractivity contribution in [2.45, 2.75) is 32.3 Å². The second kappa shape index (κ2) is 4.78. The van der Waals surface area contributed by atoms with E-state index in [1.165, 1.54) is 23.6 Å². The van der Waals surface area contributed by atoms with Gasteiger partial charge in [-0.05, 0) is 22.9 Å². The van der Waals surface area contributed by atoms with Gasteiger partial charge in [0.05, 0.1) is 0 Å². The lowest BCUT2D eigenvalue weighted by molar-refractivity contribution is 0.747. The molecule has 3 rings (SSSR count). The van der Waals surface area contributed by atoms with Gasteiger partial charge >= 0.3 is 0 Å². The van der Waals surface area contributed by atoms with Crippen molar-refractivity contribution >= 4 is 28.5 Å². The van der Waals surface area contributed by atoms with Crippen LogP contribution in [0.2, 0.25) is 0 Å². The predicted octanol–water partition coefficient (Wildman–Crippen LogP) is 6.34. The normalized spacial score (nSPS) is 13.2. The molecule has 1 heteroatoms. The van der Waals surface area contributed by atoms with Crippen molar-refractivity contribution in [1.82, 2.24) is 0 Å². The number of benzene rings is 2. The molecular formula is C17H19P. The first kappa shape index (κ1) is 11.8. The van der Waals surface area contributed by atoms with Crippen LogP contribution in [0.5, 0.6) is 0 Å². The van der Waals surface area contributed by atoms with Crippen LogP contribution >= 0.6 is 7.53 Å². The standard InChI is InChI=1S/C17H19P/c1-3-8-13(2)18-16-11-6-4-9-14(16)15-10-5-7-12-17(15)18/h4-7,9-13H,3,8H2,1-2H3. The lowest BCUT2D eigenvalue weighted by atomic mass is 10.2. The molecule has 92 valence electrons. The molecule has 0 saturated heterocycles. The minimum atomic E-state index is -0.144. The first-order valence-electron chi connectivity index (χ1n) is 6.80. The Labute approximate surface area is 110 Å². The SMILES string of the molecule is CCCC(C)p1c2ccccc2c2ccccc21. The summed E-state index contributed by atoms with van der Waals surface area (Å²) in [4.78, 5) is 0. The van der Waals surface area contributed by atoms with E-state index in [1.54, 1.807) is 10.2 Å². The molecule has 0 aliphatic rings. The van der Waals surface area contributed by atoms with Crippen molar-refractivity contribution in [1.29, 1.82) is 0 Å². The number of hydrogen-bond acceptors (Lipinski definition) is 0. The Kier molecular flexibility index (Phi) is 3.14. The van der Waals surface area contributed by atoms with Gasteiger partial charge in [-0.3, -0.25) is 0 Å². The van der Waals surface area contributed by atoms with Gasteiger partial charge in [0.25, 0.3) is 0 Å². The molecule has 1 atom stereocenters. The summed E-state index contributed by atoms with van der Waals surface area (Å²) in [5.74, 6) is 0. The fourth-order valence-corrected chi connectivity index (χ4v) is 6.10. The zero-order chi connectivity index (χ0) is 12.5. The highest BCUT2D eigenvalue weighted by Crippen LogP contribution is 2.56. The topological polar surface area (TPSA) is 0 Å². The number of rotatable bonds is 3. The largest absolute Gasteiger partial charge is 0.106 e. The molecule has 1 heterocycles. The molecule has 0 spiro atoms. The van der Waals surface area contributed by atoms with Crippen molar-refractivity contribution in [3.63, 3.8) is 0 Å². The third-order valence-electron chi connectivity index (χ3n) is 3.76. The maximum absolute atomic E-state index is 2.42. The maximum Gasteiger partial charge on any atom is 0.00264 e. The van der Waals surface area contributed by atoms with Crippen LogP contribution in [0.1, 0.15) is 32.3 Å². The van der Waals surface area contributed by atoms with E-state index in [9.17, 15) is 0 Å². The van der Waals surface area contributed by atoms with Gasteiger partial charge in [0.1, 0.15) is 0 Å². The molecule has 3 aromatic rings. The third kappa shape index (κ3) is 1.76. The van der Waals surface area contributed by atoms with Crippen LogP contribution in [-0.4, -0.2) is 0 Å². The van der Waals surface area contributed by atoms with Gasteiger partial charge in [0.15, 0.2) is 0 Å². The highest BCUT2D eigenvalue weighted by molar-refractivity contribution is 7.61. The van der Waals surface area contributed by atoms with Crippen LogP contribution in [0.25, 0.3) is 21.0 Å². The molecule has 0 amide bonds. The van der Waals surface area contributed by atoms with E-state index in [-0.39, 0.29) is 7.53 Å². The van der Waals surface area contributed by atoms with E-state index in [4.69, 9.17) is 0 Å². The minimum Gasteiger partial charge on any atom is -0.106 e. The van der Waals surface area contributed by atoms with Crippen molar-refractivity contribution in [3.8, 4) is 0 Å². The molecule has 1 aromatic heterocycles. The maximum atomic E-state index is 2.42. The van der Waals surface area contributed by atoms with E-state index < -0.39 is 0 Å². The van der Waals surface area contributed by atoms with E-state index in [2.05, 4.69) is 62.4 Å². The van der Waals surface area contributed by atoms with E-state index in [0.29, 0.717) is 0 Å². The van der Waals surface area contributed by atoms with Crippen LogP contribution in [0.4, 0.5) is 0 Å². The highest BCUT2D eigenvalue weighted by atomic mass is 31.1. The van der Waals surface area contributed by atoms with Gasteiger partial charge in [0, 0.05) is 10.2 Å². The van der Waals surface area contributed by atoms with Crippen LogP contribution < -0.4 is 0 Å². The molecule has 0 fully saturated rings. The summed E-state index contributed by atoms with van der Waals surface area (Å²) in [7, 11) is -0.144. The van der Waals surface area contributed by atoms with Gasteiger partial charge in [-0.2, -0.15) is 0 Å². The van der Waals surface area contributed by atoms with Gasteiger partial charge in [0.2, 0.25) is 0 Å². The van der Waals surface area contributed by atoms with Crippen molar-refractivity contribution < 1.29 is 0 Å². The Hall–Kier alpha value is -1.26. The van der Waals surface area contributed by atoms with Crippen molar-refractivity contribution in [2.75, 3.05) is 0 Å². The quantitative estimate of drug-likeness (QED) is 0.511. The zero-order valence-electron chi connectivity index (χ0n) is 11.1. The molecule has 0 radical (unpaired) electrons. The number of hydrogen-bond donors (Lipinski definition) is 0. The summed E-state index contributed by atoms with van der Waals surface area (Å²) < 4.78 is 0. The third-order valence-corrected chi connectivity index (χ3v) is 6.72. The average Bonchev–Trinajstić information content (AvgIpc) is 2.73. The summed E-state index contributed by atoms with van der Waals surface area (Å²) in [5.41, 5.74) is 0.787. The van der Waals surface area contributed by atoms with Crippen molar-refractivity contribution in [2.24, 2.45) is 0 Å². The van der Waals surface area contributed by atoms with Gasteiger partial charge < -0.3 is 0 Å².